The fourth-order valence-corrected chi connectivity index (χ4v) is 2.29. The molecular formula is C11H23NO2S. The molecule has 0 rings (SSSR count). The maximum absolute atomic E-state index is 10.9. The van der Waals surface area contributed by atoms with Gasteiger partial charge in [-0.1, -0.05) is 13.8 Å². The van der Waals surface area contributed by atoms with Gasteiger partial charge in [0.05, 0.1) is 13.5 Å². The van der Waals surface area contributed by atoms with Crippen LogP contribution in [-0.2, 0) is 9.53 Å². The van der Waals surface area contributed by atoms with Gasteiger partial charge in [-0.05, 0) is 19.1 Å². The molecule has 0 spiro atoms. The fourth-order valence-electron chi connectivity index (χ4n) is 1.47. The Morgan fingerprint density at radius 1 is 1.40 bits per heavy atom. The molecule has 0 radical (unpaired) electrons. The highest BCUT2D eigenvalue weighted by Gasteiger charge is 2.23. The van der Waals surface area contributed by atoms with E-state index in [4.69, 9.17) is 0 Å². The topological polar surface area (TPSA) is 38.3 Å². The molecule has 0 heterocycles. The summed E-state index contributed by atoms with van der Waals surface area (Å²) in [5.74, 6) is -0.148. The molecule has 0 aromatic carbocycles. The zero-order valence-corrected chi connectivity index (χ0v) is 11.1. The van der Waals surface area contributed by atoms with Crippen LogP contribution in [0.4, 0.5) is 0 Å². The lowest BCUT2D eigenvalue weighted by Crippen LogP contribution is -2.37. The normalized spacial score (nSPS) is 11.5. The van der Waals surface area contributed by atoms with Gasteiger partial charge in [0.25, 0.3) is 0 Å². The monoisotopic (exact) mass is 233 g/mol. The van der Waals surface area contributed by atoms with E-state index in [-0.39, 0.29) is 5.97 Å². The molecule has 0 aliphatic heterocycles. The summed E-state index contributed by atoms with van der Waals surface area (Å²) in [7, 11) is 1.42. The average Bonchev–Trinajstić information content (AvgIpc) is 2.30. The molecule has 0 unspecified atom stereocenters. The molecule has 15 heavy (non-hydrogen) atoms. The van der Waals surface area contributed by atoms with Crippen molar-refractivity contribution in [3.8, 4) is 0 Å². The molecule has 0 amide bonds. The predicted molar refractivity (Wildman–Crippen MR) is 66.3 cm³/mol. The summed E-state index contributed by atoms with van der Waals surface area (Å²) in [5, 5.41) is 3.32. The molecule has 0 saturated heterocycles. The standard InChI is InChI=1S/C11H23NO2S/c1-5-11(6-2,15-4)9-12-8-7-10(13)14-3/h12H,5-9H2,1-4H3. The highest BCUT2D eigenvalue weighted by Crippen LogP contribution is 2.29. The Morgan fingerprint density at radius 2 is 2.00 bits per heavy atom. The number of nitrogens with one attached hydrogen (secondary N) is 1. The second-order valence-corrected chi connectivity index (χ2v) is 4.87. The van der Waals surface area contributed by atoms with E-state index in [0.717, 1.165) is 19.4 Å². The van der Waals surface area contributed by atoms with Gasteiger partial charge in [0.2, 0.25) is 0 Å². The van der Waals surface area contributed by atoms with Crippen molar-refractivity contribution in [1.82, 2.24) is 5.32 Å². The third kappa shape index (κ3) is 5.42. The van der Waals surface area contributed by atoms with Gasteiger partial charge in [-0.25, -0.2) is 0 Å². The van der Waals surface area contributed by atoms with Gasteiger partial charge in [-0.15, -0.1) is 0 Å². The van der Waals surface area contributed by atoms with E-state index < -0.39 is 0 Å². The van der Waals surface area contributed by atoms with Crippen LogP contribution in [0.3, 0.4) is 0 Å². The highest BCUT2D eigenvalue weighted by molar-refractivity contribution is 8.00. The van der Waals surface area contributed by atoms with Gasteiger partial charge in [-0.2, -0.15) is 11.8 Å². The minimum atomic E-state index is -0.148. The van der Waals surface area contributed by atoms with Crippen molar-refractivity contribution in [2.45, 2.75) is 37.9 Å². The smallest absolute Gasteiger partial charge is 0.306 e. The molecule has 0 fully saturated rings. The molecule has 1 N–H and O–H groups in total. The van der Waals surface area contributed by atoms with Gasteiger partial charge < -0.3 is 10.1 Å². The molecule has 0 aromatic rings. The maximum atomic E-state index is 10.9. The zero-order chi connectivity index (χ0) is 11.7. The van der Waals surface area contributed by atoms with E-state index in [1.165, 1.54) is 7.11 Å². The van der Waals surface area contributed by atoms with Gasteiger partial charge in [0, 0.05) is 17.8 Å². The summed E-state index contributed by atoms with van der Waals surface area (Å²) in [6.07, 6.45) is 4.90. The van der Waals surface area contributed by atoms with Crippen LogP contribution >= 0.6 is 11.8 Å². The number of esters is 1. The summed E-state index contributed by atoms with van der Waals surface area (Å²) in [4.78, 5) is 10.9. The van der Waals surface area contributed by atoms with E-state index in [0.29, 0.717) is 17.7 Å². The number of methoxy groups -OCH3 is 1. The van der Waals surface area contributed by atoms with Gasteiger partial charge >= 0.3 is 5.97 Å². The number of carbonyl (C=O) groups excluding carboxylic acids is 1. The SMILES string of the molecule is CCC(CC)(CNCCC(=O)OC)SC. The van der Waals surface area contributed by atoms with Crippen LogP contribution in [-0.4, -0.2) is 37.2 Å². The zero-order valence-electron chi connectivity index (χ0n) is 10.3. The maximum Gasteiger partial charge on any atom is 0.306 e. The first-order valence-electron chi connectivity index (χ1n) is 5.46. The summed E-state index contributed by atoms with van der Waals surface area (Å²) < 4.78 is 4.89. The first-order chi connectivity index (χ1) is 7.14. The van der Waals surface area contributed by atoms with E-state index in [1.807, 2.05) is 11.8 Å². The molecule has 0 saturated carbocycles. The Labute approximate surface area is 97.3 Å². The number of hydrogen-bond acceptors (Lipinski definition) is 4. The molecular weight excluding hydrogens is 210 g/mol. The number of thioether (sulfide) groups is 1. The van der Waals surface area contributed by atoms with Gasteiger partial charge in [-0.3, -0.25) is 4.79 Å². The van der Waals surface area contributed by atoms with Crippen LogP contribution in [0.25, 0.3) is 0 Å². The van der Waals surface area contributed by atoms with Crippen molar-refractivity contribution >= 4 is 17.7 Å². The molecule has 4 heteroatoms. The third-order valence-electron chi connectivity index (χ3n) is 2.90. The highest BCUT2D eigenvalue weighted by atomic mass is 32.2. The minimum absolute atomic E-state index is 0.148. The largest absolute Gasteiger partial charge is 0.469 e. The summed E-state index contributed by atoms with van der Waals surface area (Å²) >= 11 is 1.90. The van der Waals surface area contributed by atoms with E-state index in [1.54, 1.807) is 0 Å². The first-order valence-corrected chi connectivity index (χ1v) is 6.69. The number of hydrogen-bond donors (Lipinski definition) is 1. The molecule has 0 aliphatic rings. The summed E-state index contributed by atoms with van der Waals surface area (Å²) in [5.41, 5.74) is 0. The molecule has 0 bridgehead atoms. The Bertz CT molecular complexity index is 173. The Balaban J connectivity index is 3.76. The number of rotatable bonds is 8. The van der Waals surface area contributed by atoms with Crippen molar-refractivity contribution in [2.24, 2.45) is 0 Å². The van der Waals surface area contributed by atoms with Crippen LogP contribution in [0.2, 0.25) is 0 Å². The summed E-state index contributed by atoms with van der Waals surface area (Å²) in [6, 6.07) is 0. The first kappa shape index (κ1) is 14.8. The van der Waals surface area contributed by atoms with Crippen LogP contribution in [0.1, 0.15) is 33.1 Å². The quantitative estimate of drug-likeness (QED) is 0.514. The lowest BCUT2D eigenvalue weighted by molar-refractivity contribution is -0.140. The second-order valence-electron chi connectivity index (χ2n) is 3.60. The fraction of sp³-hybridized carbons (Fsp3) is 0.909. The van der Waals surface area contributed by atoms with Crippen LogP contribution < -0.4 is 5.32 Å². The minimum Gasteiger partial charge on any atom is -0.469 e. The molecule has 0 aliphatic carbocycles. The van der Waals surface area contributed by atoms with E-state index in [9.17, 15) is 4.79 Å². The van der Waals surface area contributed by atoms with Crippen LogP contribution in [0.15, 0.2) is 0 Å². The van der Waals surface area contributed by atoms with Gasteiger partial charge in [0.15, 0.2) is 0 Å². The van der Waals surface area contributed by atoms with E-state index >= 15 is 0 Å². The Hall–Kier alpha value is -0.220. The number of ether oxygens (including phenoxy) is 1. The van der Waals surface area contributed by atoms with Crippen molar-refractivity contribution in [2.75, 3.05) is 26.5 Å². The van der Waals surface area contributed by atoms with Crippen molar-refractivity contribution in [1.29, 1.82) is 0 Å². The molecule has 0 atom stereocenters. The van der Waals surface area contributed by atoms with Gasteiger partial charge in [0.1, 0.15) is 0 Å². The van der Waals surface area contributed by atoms with Crippen LogP contribution in [0, 0.1) is 0 Å². The molecule has 3 nitrogen and oxygen atoms in total. The van der Waals surface area contributed by atoms with Crippen LogP contribution in [0.5, 0.6) is 0 Å². The summed E-state index contributed by atoms with van der Waals surface area (Å²) in [6.45, 7) is 6.08. The molecule has 90 valence electrons. The van der Waals surface area contributed by atoms with Crippen molar-refractivity contribution in [3.63, 3.8) is 0 Å². The lowest BCUT2D eigenvalue weighted by atomic mass is 10.0. The van der Waals surface area contributed by atoms with E-state index in [2.05, 4.69) is 30.2 Å². The third-order valence-corrected chi connectivity index (χ3v) is 4.49. The Morgan fingerprint density at radius 3 is 2.40 bits per heavy atom. The van der Waals surface area contributed by atoms with Crippen molar-refractivity contribution in [3.05, 3.63) is 0 Å². The number of carbonyl (C=O) groups is 1. The average molecular weight is 233 g/mol. The lowest BCUT2D eigenvalue weighted by Gasteiger charge is -2.29. The molecule has 0 aromatic heterocycles. The van der Waals surface area contributed by atoms with Crippen molar-refractivity contribution < 1.29 is 9.53 Å². The predicted octanol–water partition coefficient (Wildman–Crippen LogP) is 2.06. The Kier molecular flexibility index (Phi) is 7.88. The second kappa shape index (κ2) is 7.99.